The molecule has 0 fully saturated rings. The molecule has 0 aromatic rings. The lowest BCUT2D eigenvalue weighted by molar-refractivity contribution is 0.290. The molecule has 1 aliphatic rings. The molecule has 1 rings (SSSR count). The van der Waals surface area contributed by atoms with Gasteiger partial charge in [-0.05, 0) is 43.4 Å². The van der Waals surface area contributed by atoms with Crippen LogP contribution in [0.2, 0.25) is 0 Å². The fraction of sp³-hybridized carbons (Fsp3) is 0.929. The van der Waals surface area contributed by atoms with Crippen LogP contribution in [-0.2, 0) is 0 Å². The van der Waals surface area contributed by atoms with Gasteiger partial charge >= 0.3 is 0 Å². The van der Waals surface area contributed by atoms with Crippen LogP contribution in [0.15, 0.2) is 11.6 Å². The Morgan fingerprint density at radius 2 is 1.25 bits per heavy atom. The standard InChI is InChI=1S/C22H42.C4H10.C2H6/c1-5-7-8-9-10-11-12-13-14-15-16-22-18-21(6-2)19(3)17-20(22)4;1-4(2)3;1-2/h17,19,21-22H,5-16,18H2,1-4H3;4H,1-3H3;1-2H3. The van der Waals surface area contributed by atoms with Crippen molar-refractivity contribution in [1.29, 1.82) is 0 Å². The Morgan fingerprint density at radius 3 is 1.68 bits per heavy atom. The van der Waals surface area contributed by atoms with E-state index in [2.05, 4.69) is 54.5 Å². The first-order chi connectivity index (χ1) is 13.4. The van der Waals surface area contributed by atoms with Crippen LogP contribution in [0.5, 0.6) is 0 Å². The summed E-state index contributed by atoms with van der Waals surface area (Å²) >= 11 is 0. The van der Waals surface area contributed by atoms with Crippen LogP contribution in [-0.4, -0.2) is 0 Å². The van der Waals surface area contributed by atoms with Gasteiger partial charge in [0.15, 0.2) is 0 Å². The third-order valence-corrected chi connectivity index (χ3v) is 5.93. The van der Waals surface area contributed by atoms with Crippen molar-refractivity contribution in [3.05, 3.63) is 11.6 Å². The Labute approximate surface area is 181 Å². The SMILES string of the molecule is CC.CC(C)C.CCCCCCCCCCCCC1CC(CC)C(C)C=C1C. The molecule has 0 saturated carbocycles. The summed E-state index contributed by atoms with van der Waals surface area (Å²) in [5, 5.41) is 0. The highest BCUT2D eigenvalue weighted by molar-refractivity contribution is 5.10. The van der Waals surface area contributed by atoms with E-state index in [1.54, 1.807) is 5.57 Å². The molecule has 0 bridgehead atoms. The summed E-state index contributed by atoms with van der Waals surface area (Å²) in [7, 11) is 0. The van der Waals surface area contributed by atoms with Gasteiger partial charge in [0.05, 0.1) is 0 Å². The lowest BCUT2D eigenvalue weighted by Gasteiger charge is -2.32. The van der Waals surface area contributed by atoms with Gasteiger partial charge in [-0.2, -0.15) is 0 Å². The molecule has 0 aromatic carbocycles. The fourth-order valence-corrected chi connectivity index (χ4v) is 4.21. The van der Waals surface area contributed by atoms with E-state index >= 15 is 0 Å². The van der Waals surface area contributed by atoms with Gasteiger partial charge < -0.3 is 0 Å². The van der Waals surface area contributed by atoms with Gasteiger partial charge in [0.25, 0.3) is 0 Å². The van der Waals surface area contributed by atoms with E-state index in [4.69, 9.17) is 0 Å². The van der Waals surface area contributed by atoms with Gasteiger partial charge in [0, 0.05) is 0 Å². The Bertz CT molecular complexity index is 322. The molecule has 0 aliphatic heterocycles. The molecule has 28 heavy (non-hydrogen) atoms. The van der Waals surface area contributed by atoms with E-state index in [9.17, 15) is 0 Å². The molecule has 0 spiro atoms. The van der Waals surface area contributed by atoms with Gasteiger partial charge in [-0.15, -0.1) is 0 Å². The Balaban J connectivity index is 0. The van der Waals surface area contributed by atoms with Gasteiger partial charge in [-0.25, -0.2) is 0 Å². The zero-order chi connectivity index (χ0) is 21.8. The maximum atomic E-state index is 2.57. The maximum Gasteiger partial charge on any atom is -0.0203 e. The summed E-state index contributed by atoms with van der Waals surface area (Å²) in [4.78, 5) is 0. The summed E-state index contributed by atoms with van der Waals surface area (Å²) in [5.41, 5.74) is 1.69. The van der Waals surface area contributed by atoms with E-state index in [0.29, 0.717) is 0 Å². The minimum atomic E-state index is 0.814. The molecule has 1 aliphatic carbocycles. The Morgan fingerprint density at radius 1 is 0.821 bits per heavy atom. The lowest BCUT2D eigenvalue weighted by atomic mass is 9.73. The average Bonchev–Trinajstić information content (AvgIpc) is 2.66. The van der Waals surface area contributed by atoms with Crippen LogP contribution >= 0.6 is 0 Å². The molecule has 3 atom stereocenters. The molecule has 0 N–H and O–H groups in total. The van der Waals surface area contributed by atoms with Crippen LogP contribution < -0.4 is 0 Å². The van der Waals surface area contributed by atoms with Crippen molar-refractivity contribution in [3.8, 4) is 0 Å². The molecule has 0 aromatic heterocycles. The van der Waals surface area contributed by atoms with E-state index < -0.39 is 0 Å². The first-order valence-electron chi connectivity index (χ1n) is 13.1. The molecule has 0 heteroatoms. The first-order valence-corrected chi connectivity index (χ1v) is 13.1. The van der Waals surface area contributed by atoms with Crippen molar-refractivity contribution in [2.45, 2.75) is 146 Å². The second-order valence-corrected chi connectivity index (χ2v) is 9.57. The molecule has 0 radical (unpaired) electrons. The third-order valence-electron chi connectivity index (χ3n) is 5.93. The maximum absolute atomic E-state index is 2.57. The molecule has 3 unspecified atom stereocenters. The monoisotopic (exact) mass is 394 g/mol. The van der Waals surface area contributed by atoms with E-state index in [1.165, 1.54) is 83.5 Å². The van der Waals surface area contributed by atoms with Crippen molar-refractivity contribution >= 4 is 0 Å². The lowest BCUT2D eigenvalue weighted by Crippen LogP contribution is -2.21. The Kier molecular flexibility index (Phi) is 22.9. The molecule has 170 valence electrons. The number of rotatable bonds is 12. The highest BCUT2D eigenvalue weighted by Gasteiger charge is 2.25. The van der Waals surface area contributed by atoms with E-state index in [1.807, 2.05) is 13.8 Å². The zero-order valence-electron chi connectivity index (χ0n) is 21.6. The molecular formula is C28H58. The van der Waals surface area contributed by atoms with Gasteiger partial charge in [-0.3, -0.25) is 0 Å². The van der Waals surface area contributed by atoms with Crippen LogP contribution in [0.4, 0.5) is 0 Å². The smallest absolute Gasteiger partial charge is 0.0203 e. The summed E-state index contributed by atoms with van der Waals surface area (Å²) in [6.45, 7) is 20.0. The number of hydrogen-bond acceptors (Lipinski definition) is 0. The van der Waals surface area contributed by atoms with Crippen molar-refractivity contribution in [3.63, 3.8) is 0 Å². The number of hydrogen-bond donors (Lipinski definition) is 0. The third kappa shape index (κ3) is 17.8. The normalized spacial score (nSPS) is 21.4. The Hall–Kier alpha value is -0.260. The van der Waals surface area contributed by atoms with Crippen molar-refractivity contribution in [2.75, 3.05) is 0 Å². The largest absolute Gasteiger partial charge is 0.0822 e. The number of allylic oxidation sites excluding steroid dienone is 2. The van der Waals surface area contributed by atoms with Crippen molar-refractivity contribution in [1.82, 2.24) is 0 Å². The van der Waals surface area contributed by atoms with E-state index in [0.717, 1.165) is 23.7 Å². The molecule has 0 amide bonds. The van der Waals surface area contributed by atoms with Crippen LogP contribution in [0.25, 0.3) is 0 Å². The first kappa shape index (κ1) is 29.9. The second kappa shape index (κ2) is 21.4. The topological polar surface area (TPSA) is 0 Å². The van der Waals surface area contributed by atoms with Crippen molar-refractivity contribution < 1.29 is 0 Å². The van der Waals surface area contributed by atoms with E-state index in [-0.39, 0.29) is 0 Å². The van der Waals surface area contributed by atoms with Gasteiger partial charge in [-0.1, -0.05) is 138 Å². The highest BCUT2D eigenvalue weighted by Crippen LogP contribution is 2.37. The summed E-state index contributed by atoms with van der Waals surface area (Å²) in [6.07, 6.45) is 21.4. The highest BCUT2D eigenvalue weighted by atomic mass is 14.3. The van der Waals surface area contributed by atoms with Gasteiger partial charge in [0.2, 0.25) is 0 Å². The predicted molar refractivity (Wildman–Crippen MR) is 133 cm³/mol. The van der Waals surface area contributed by atoms with Gasteiger partial charge in [0.1, 0.15) is 0 Å². The van der Waals surface area contributed by atoms with Crippen LogP contribution in [0.1, 0.15) is 146 Å². The molecule has 0 heterocycles. The van der Waals surface area contributed by atoms with Crippen molar-refractivity contribution in [2.24, 2.45) is 23.7 Å². The minimum absolute atomic E-state index is 0.814. The minimum Gasteiger partial charge on any atom is -0.0822 e. The second-order valence-electron chi connectivity index (χ2n) is 9.57. The number of unbranched alkanes of at least 4 members (excludes halogenated alkanes) is 9. The average molecular weight is 395 g/mol. The molecule has 0 nitrogen and oxygen atoms in total. The summed E-state index contributed by atoms with van der Waals surface area (Å²) in [5.74, 6) is 3.49. The fourth-order valence-electron chi connectivity index (χ4n) is 4.21. The predicted octanol–water partition coefficient (Wildman–Crippen LogP) is 10.6. The van der Waals surface area contributed by atoms with Crippen LogP contribution in [0, 0.1) is 23.7 Å². The quantitative estimate of drug-likeness (QED) is 0.228. The van der Waals surface area contributed by atoms with Crippen LogP contribution in [0.3, 0.4) is 0 Å². The zero-order valence-corrected chi connectivity index (χ0v) is 21.6. The summed E-state index contributed by atoms with van der Waals surface area (Å²) < 4.78 is 0. The molecule has 0 saturated heterocycles. The molecular weight excluding hydrogens is 336 g/mol. The summed E-state index contributed by atoms with van der Waals surface area (Å²) in [6, 6.07) is 0.